The quantitative estimate of drug-likeness (QED) is 0.693. The van der Waals surface area contributed by atoms with Gasteiger partial charge in [0, 0.05) is 59.0 Å². The summed E-state index contributed by atoms with van der Waals surface area (Å²) in [6.07, 6.45) is -2.07. The van der Waals surface area contributed by atoms with Crippen LogP contribution in [0.1, 0.15) is 12.1 Å². The van der Waals surface area contributed by atoms with Crippen LogP contribution in [0.4, 0.5) is 13.2 Å². The topological polar surface area (TPSA) is 97.1 Å². The minimum absolute atomic E-state index is 0.00311. The summed E-state index contributed by atoms with van der Waals surface area (Å²) in [5, 5.41) is 11.6. The molecule has 1 saturated heterocycles. The number of alkyl halides is 3. The fourth-order valence-corrected chi connectivity index (χ4v) is 3.40. The van der Waals surface area contributed by atoms with Gasteiger partial charge >= 0.3 is 12.1 Å². The highest BCUT2D eigenvalue weighted by atomic mass is 19.4. The Labute approximate surface area is 178 Å². The number of ether oxygens (including phenoxy) is 2. The van der Waals surface area contributed by atoms with Gasteiger partial charge in [-0.05, 0) is 18.4 Å². The smallest absolute Gasteiger partial charge is 0.475 e. The van der Waals surface area contributed by atoms with Crippen LogP contribution in [0.3, 0.4) is 0 Å². The van der Waals surface area contributed by atoms with Crippen LogP contribution < -0.4 is 0 Å². The summed E-state index contributed by atoms with van der Waals surface area (Å²) in [5.74, 6) is -1.80. The van der Waals surface area contributed by atoms with Gasteiger partial charge in [0.15, 0.2) is 0 Å². The Bertz CT molecular complexity index is 720. The van der Waals surface area contributed by atoms with E-state index in [0.717, 1.165) is 45.8 Å². The molecule has 1 aromatic heterocycles. The minimum atomic E-state index is -5.08. The SMILES string of the molecule is CN(C)C(=O)COCC1CN(CC2CCOC2)Cc2ccnn2C1.O=C(O)C(F)(F)F. The van der Waals surface area contributed by atoms with Gasteiger partial charge in [-0.15, -0.1) is 0 Å². The normalized spacial score (nSPS) is 21.6. The number of amides is 1. The van der Waals surface area contributed by atoms with Crippen molar-refractivity contribution >= 4 is 11.9 Å². The number of nitrogens with zero attached hydrogens (tertiary/aromatic N) is 4. The highest BCUT2D eigenvalue weighted by Crippen LogP contribution is 2.20. The number of aromatic nitrogens is 2. The number of likely N-dealkylation sites (N-methyl/N-ethyl adjacent to an activating group) is 1. The van der Waals surface area contributed by atoms with Crippen LogP contribution in [0, 0.1) is 11.8 Å². The fourth-order valence-electron chi connectivity index (χ4n) is 3.40. The fraction of sp³-hybridized carbons (Fsp3) is 0.737. The van der Waals surface area contributed by atoms with E-state index < -0.39 is 12.1 Å². The van der Waals surface area contributed by atoms with Gasteiger partial charge in [-0.2, -0.15) is 18.3 Å². The maximum atomic E-state index is 11.7. The van der Waals surface area contributed by atoms with Crippen molar-refractivity contribution in [3.05, 3.63) is 18.0 Å². The number of carbonyl (C=O) groups excluding carboxylic acids is 1. The number of carbonyl (C=O) groups is 2. The Kier molecular flexibility index (Phi) is 9.26. The molecule has 1 N–H and O–H groups in total. The lowest BCUT2D eigenvalue weighted by Crippen LogP contribution is -2.35. The molecule has 1 aromatic rings. The molecule has 2 aliphatic rings. The van der Waals surface area contributed by atoms with Crippen molar-refractivity contribution in [1.29, 1.82) is 0 Å². The number of carboxylic acids is 1. The third-order valence-corrected chi connectivity index (χ3v) is 5.00. The predicted molar refractivity (Wildman–Crippen MR) is 103 cm³/mol. The van der Waals surface area contributed by atoms with Gasteiger partial charge in [0.2, 0.25) is 5.91 Å². The van der Waals surface area contributed by atoms with Crippen LogP contribution in [0.2, 0.25) is 0 Å². The van der Waals surface area contributed by atoms with Crippen LogP contribution in [-0.4, -0.2) is 96.4 Å². The van der Waals surface area contributed by atoms with E-state index in [9.17, 15) is 18.0 Å². The molecule has 12 heteroatoms. The zero-order chi connectivity index (χ0) is 23.0. The Balaban J connectivity index is 0.000000423. The van der Waals surface area contributed by atoms with E-state index in [-0.39, 0.29) is 12.5 Å². The molecule has 3 rings (SSSR count). The molecule has 2 atom stereocenters. The first-order chi connectivity index (χ1) is 14.6. The van der Waals surface area contributed by atoms with Gasteiger partial charge in [-0.1, -0.05) is 0 Å². The Morgan fingerprint density at radius 2 is 2.03 bits per heavy atom. The van der Waals surface area contributed by atoms with Crippen LogP contribution in [0.25, 0.3) is 0 Å². The van der Waals surface area contributed by atoms with Crippen LogP contribution in [0.5, 0.6) is 0 Å². The third kappa shape index (κ3) is 8.46. The predicted octanol–water partition coefficient (Wildman–Crippen LogP) is 1.09. The first-order valence-electron chi connectivity index (χ1n) is 9.95. The van der Waals surface area contributed by atoms with Crippen molar-refractivity contribution in [3.8, 4) is 0 Å². The molecule has 0 bridgehead atoms. The van der Waals surface area contributed by atoms with Crippen molar-refractivity contribution in [2.75, 3.05) is 53.6 Å². The van der Waals surface area contributed by atoms with E-state index in [2.05, 4.69) is 20.7 Å². The first kappa shape index (κ1) is 25.1. The molecule has 1 fully saturated rings. The maximum absolute atomic E-state index is 11.7. The van der Waals surface area contributed by atoms with Gasteiger partial charge in [-0.25, -0.2) is 4.79 Å². The lowest BCUT2D eigenvalue weighted by atomic mass is 10.1. The van der Waals surface area contributed by atoms with Gasteiger partial charge in [0.05, 0.1) is 18.9 Å². The second-order valence-corrected chi connectivity index (χ2v) is 7.90. The van der Waals surface area contributed by atoms with E-state index in [0.29, 0.717) is 18.4 Å². The van der Waals surface area contributed by atoms with E-state index >= 15 is 0 Å². The standard InChI is InChI=1S/C17H28N4O3.C2HF3O2/c1-19(2)17(22)13-24-12-15-8-20(7-14-4-6-23-11-14)10-16-3-5-18-21(16)9-15;3-2(4,5)1(6)7/h3,5,14-15H,4,6-13H2,1-2H3;(H,6,7). The van der Waals surface area contributed by atoms with Crippen molar-refractivity contribution in [1.82, 2.24) is 19.6 Å². The summed E-state index contributed by atoms with van der Waals surface area (Å²) >= 11 is 0. The molecule has 0 spiro atoms. The minimum Gasteiger partial charge on any atom is -0.475 e. The van der Waals surface area contributed by atoms with Crippen LogP contribution in [-0.2, 0) is 32.2 Å². The first-order valence-corrected chi connectivity index (χ1v) is 9.95. The third-order valence-electron chi connectivity index (χ3n) is 5.00. The molecule has 0 saturated carbocycles. The number of halogens is 3. The van der Waals surface area contributed by atoms with Crippen molar-refractivity contribution in [2.24, 2.45) is 11.8 Å². The number of hydrogen-bond acceptors (Lipinski definition) is 6. The molecular weight excluding hydrogens is 421 g/mol. The summed E-state index contributed by atoms with van der Waals surface area (Å²) in [5.41, 5.74) is 1.25. The molecular formula is C19H29F3N4O5. The van der Waals surface area contributed by atoms with E-state index in [1.807, 2.05) is 6.20 Å². The molecule has 2 unspecified atom stereocenters. The zero-order valence-corrected chi connectivity index (χ0v) is 17.7. The van der Waals surface area contributed by atoms with Gasteiger partial charge < -0.3 is 19.5 Å². The number of carboxylic acid groups (broad SMARTS) is 1. The van der Waals surface area contributed by atoms with Crippen molar-refractivity contribution in [2.45, 2.75) is 25.7 Å². The summed E-state index contributed by atoms with van der Waals surface area (Å²) < 4.78 is 45.0. The van der Waals surface area contributed by atoms with E-state index in [4.69, 9.17) is 19.4 Å². The summed E-state index contributed by atoms with van der Waals surface area (Å²) in [7, 11) is 3.50. The summed E-state index contributed by atoms with van der Waals surface area (Å²) in [6, 6.07) is 2.09. The largest absolute Gasteiger partial charge is 0.490 e. The number of aliphatic carboxylic acids is 1. The summed E-state index contributed by atoms with van der Waals surface area (Å²) in [6.45, 7) is 6.26. The maximum Gasteiger partial charge on any atom is 0.490 e. The molecule has 176 valence electrons. The molecule has 0 aromatic carbocycles. The number of rotatable bonds is 6. The van der Waals surface area contributed by atoms with Crippen molar-refractivity contribution < 1.29 is 37.3 Å². The zero-order valence-electron chi connectivity index (χ0n) is 17.7. The average Bonchev–Trinajstić information content (AvgIpc) is 3.30. The Morgan fingerprint density at radius 3 is 2.61 bits per heavy atom. The molecule has 31 heavy (non-hydrogen) atoms. The second-order valence-electron chi connectivity index (χ2n) is 7.90. The lowest BCUT2D eigenvalue weighted by Gasteiger charge is -2.26. The van der Waals surface area contributed by atoms with E-state index in [1.54, 1.807) is 19.0 Å². The Hall–Kier alpha value is -2.18. The summed E-state index contributed by atoms with van der Waals surface area (Å²) in [4.78, 5) is 24.6. The molecule has 3 heterocycles. The highest BCUT2D eigenvalue weighted by molar-refractivity contribution is 5.76. The molecule has 9 nitrogen and oxygen atoms in total. The Morgan fingerprint density at radius 1 is 1.32 bits per heavy atom. The molecule has 2 aliphatic heterocycles. The number of hydrogen-bond donors (Lipinski definition) is 1. The van der Waals surface area contributed by atoms with Crippen LogP contribution >= 0.6 is 0 Å². The molecule has 1 amide bonds. The average molecular weight is 450 g/mol. The molecule has 0 aliphatic carbocycles. The van der Waals surface area contributed by atoms with Crippen molar-refractivity contribution in [3.63, 3.8) is 0 Å². The van der Waals surface area contributed by atoms with E-state index in [1.165, 1.54) is 5.69 Å². The number of fused-ring (bicyclic) bond motifs is 1. The van der Waals surface area contributed by atoms with Crippen LogP contribution in [0.15, 0.2) is 12.3 Å². The lowest BCUT2D eigenvalue weighted by molar-refractivity contribution is -0.192. The highest BCUT2D eigenvalue weighted by Gasteiger charge is 2.38. The molecule has 0 radical (unpaired) electrons. The van der Waals surface area contributed by atoms with Gasteiger partial charge in [-0.3, -0.25) is 14.4 Å². The second kappa shape index (κ2) is 11.4. The monoisotopic (exact) mass is 450 g/mol. The van der Waals surface area contributed by atoms with Gasteiger partial charge in [0.1, 0.15) is 6.61 Å². The van der Waals surface area contributed by atoms with Gasteiger partial charge in [0.25, 0.3) is 0 Å².